The van der Waals surface area contributed by atoms with Crippen molar-refractivity contribution in [1.82, 2.24) is 4.72 Å². The Hall–Kier alpha value is -0.660. The summed E-state index contributed by atoms with van der Waals surface area (Å²) in [6.45, 7) is -0.403. The lowest BCUT2D eigenvalue weighted by molar-refractivity contribution is -0.137. The molecule has 0 aromatic rings. The van der Waals surface area contributed by atoms with E-state index in [1.165, 1.54) is 0 Å². The van der Waals surface area contributed by atoms with Gasteiger partial charge in [0, 0.05) is 6.54 Å². The highest BCUT2D eigenvalue weighted by Gasteiger charge is 2.15. The van der Waals surface area contributed by atoms with E-state index in [4.69, 9.17) is 5.11 Å². The lowest BCUT2D eigenvalue weighted by Gasteiger charge is -2.02. The Kier molecular flexibility index (Phi) is 4.79. The molecule has 0 aliphatic heterocycles. The van der Waals surface area contributed by atoms with Crippen molar-refractivity contribution in [3.8, 4) is 0 Å². The lowest BCUT2D eigenvalue weighted by Crippen LogP contribution is -2.32. The molecule has 0 aliphatic carbocycles. The molecule has 0 radical (unpaired) electrons. The van der Waals surface area contributed by atoms with E-state index in [0.29, 0.717) is 0 Å². The number of sulfonamides is 1. The molecular weight excluding hydrogens is 186 g/mol. The summed E-state index contributed by atoms with van der Waals surface area (Å²) < 4.78 is 27.8. The molecule has 0 aromatic heterocycles. The van der Waals surface area contributed by atoms with E-state index in [1.54, 1.807) is 0 Å². The van der Waals surface area contributed by atoms with Gasteiger partial charge in [0.25, 0.3) is 0 Å². The molecule has 0 saturated carbocycles. The first-order valence-corrected chi connectivity index (χ1v) is 4.82. The first-order valence-electron chi connectivity index (χ1n) is 3.17. The van der Waals surface area contributed by atoms with E-state index in [9.17, 15) is 13.2 Å². The molecule has 0 rings (SSSR count). The van der Waals surface area contributed by atoms with Gasteiger partial charge in [-0.1, -0.05) is 0 Å². The molecule has 0 aromatic carbocycles. The Bertz CT molecular complexity index is 234. The molecule has 0 bridgehead atoms. The van der Waals surface area contributed by atoms with Crippen molar-refractivity contribution >= 4 is 16.0 Å². The van der Waals surface area contributed by atoms with Crippen LogP contribution in [0.15, 0.2) is 0 Å². The number of aliphatic hydroxyl groups excluding tert-OH is 1. The fourth-order valence-corrected chi connectivity index (χ4v) is 1.40. The predicted octanol–water partition coefficient (Wildman–Crippen LogP) is -1.93. The van der Waals surface area contributed by atoms with Crippen molar-refractivity contribution in [1.29, 1.82) is 0 Å². The number of rotatable bonds is 5. The summed E-state index contributed by atoms with van der Waals surface area (Å²) in [7, 11) is -2.54. The third-order valence-electron chi connectivity index (χ3n) is 0.969. The van der Waals surface area contributed by atoms with Crippen LogP contribution in [0.1, 0.15) is 0 Å². The highest BCUT2D eigenvalue weighted by Crippen LogP contribution is 1.85. The van der Waals surface area contributed by atoms with E-state index in [0.717, 1.165) is 7.11 Å². The zero-order valence-corrected chi connectivity index (χ0v) is 7.43. The predicted molar refractivity (Wildman–Crippen MR) is 40.9 cm³/mol. The third-order valence-corrected chi connectivity index (χ3v) is 2.23. The molecule has 7 heteroatoms. The summed E-state index contributed by atoms with van der Waals surface area (Å²) in [5, 5.41) is 8.28. The number of methoxy groups -OCH3 is 1. The minimum Gasteiger partial charge on any atom is -0.468 e. The van der Waals surface area contributed by atoms with Gasteiger partial charge in [-0.25, -0.2) is 13.1 Å². The van der Waals surface area contributed by atoms with Crippen LogP contribution in [0.4, 0.5) is 0 Å². The summed E-state index contributed by atoms with van der Waals surface area (Å²) in [6, 6.07) is 0. The SMILES string of the molecule is COC(=O)CS(=O)(=O)NCCO. The van der Waals surface area contributed by atoms with E-state index >= 15 is 0 Å². The van der Waals surface area contributed by atoms with Crippen LogP contribution >= 0.6 is 0 Å². The van der Waals surface area contributed by atoms with Crippen molar-refractivity contribution in [2.24, 2.45) is 0 Å². The van der Waals surface area contributed by atoms with Crippen LogP contribution in [-0.4, -0.2) is 45.5 Å². The van der Waals surface area contributed by atoms with Gasteiger partial charge in [-0.2, -0.15) is 0 Å². The van der Waals surface area contributed by atoms with Crippen LogP contribution in [0.5, 0.6) is 0 Å². The summed E-state index contributed by atoms with van der Waals surface area (Å²) >= 11 is 0. The lowest BCUT2D eigenvalue weighted by atomic mass is 10.8. The van der Waals surface area contributed by atoms with Gasteiger partial charge >= 0.3 is 5.97 Å². The molecule has 0 spiro atoms. The number of hydrogen-bond acceptors (Lipinski definition) is 5. The molecule has 0 amide bonds. The average Bonchev–Trinajstić information content (AvgIpc) is 2.00. The molecule has 0 aliphatic rings. The first-order chi connectivity index (χ1) is 5.52. The van der Waals surface area contributed by atoms with Crippen molar-refractivity contribution < 1.29 is 23.1 Å². The molecule has 6 nitrogen and oxygen atoms in total. The van der Waals surface area contributed by atoms with Crippen molar-refractivity contribution in [2.45, 2.75) is 0 Å². The molecule has 12 heavy (non-hydrogen) atoms. The summed E-state index contributed by atoms with van der Waals surface area (Å²) in [5.41, 5.74) is 0. The minimum atomic E-state index is -3.64. The Morgan fingerprint density at radius 2 is 2.17 bits per heavy atom. The number of carbonyl (C=O) groups excluding carboxylic acids is 1. The number of nitrogens with one attached hydrogen (secondary N) is 1. The highest BCUT2D eigenvalue weighted by molar-refractivity contribution is 7.90. The molecule has 0 atom stereocenters. The van der Waals surface area contributed by atoms with E-state index in [1.807, 2.05) is 4.72 Å². The summed E-state index contributed by atoms with van der Waals surface area (Å²) in [4.78, 5) is 10.5. The zero-order chi connectivity index (χ0) is 9.61. The summed E-state index contributed by atoms with van der Waals surface area (Å²) in [5.74, 6) is -1.55. The largest absolute Gasteiger partial charge is 0.468 e. The number of esters is 1. The fourth-order valence-electron chi connectivity index (χ4n) is 0.466. The Balaban J connectivity index is 3.96. The zero-order valence-electron chi connectivity index (χ0n) is 6.61. The average molecular weight is 197 g/mol. The van der Waals surface area contributed by atoms with Crippen molar-refractivity contribution in [3.63, 3.8) is 0 Å². The minimum absolute atomic E-state index is 0.0979. The van der Waals surface area contributed by atoms with Crippen LogP contribution in [0.2, 0.25) is 0 Å². The van der Waals surface area contributed by atoms with Crippen LogP contribution in [0.25, 0.3) is 0 Å². The van der Waals surface area contributed by atoms with Gasteiger partial charge in [-0.3, -0.25) is 4.79 Å². The number of ether oxygens (including phenoxy) is 1. The van der Waals surface area contributed by atoms with Gasteiger partial charge in [-0.05, 0) is 0 Å². The molecule has 72 valence electrons. The fraction of sp³-hybridized carbons (Fsp3) is 0.800. The van der Waals surface area contributed by atoms with E-state index < -0.39 is 21.7 Å². The van der Waals surface area contributed by atoms with E-state index in [2.05, 4.69) is 4.74 Å². The Labute approximate surface area is 70.6 Å². The van der Waals surface area contributed by atoms with Crippen LogP contribution in [0.3, 0.4) is 0 Å². The van der Waals surface area contributed by atoms with Crippen molar-refractivity contribution in [2.75, 3.05) is 26.0 Å². The quantitative estimate of drug-likeness (QED) is 0.501. The molecule has 2 N–H and O–H groups in total. The monoisotopic (exact) mass is 197 g/mol. The standard InChI is InChI=1S/C5H11NO5S/c1-11-5(8)4-12(9,10)6-2-3-7/h6-7H,2-4H2,1H3. The first kappa shape index (κ1) is 11.3. The number of aliphatic hydroxyl groups is 1. The second kappa shape index (κ2) is 5.07. The second-order valence-electron chi connectivity index (χ2n) is 1.95. The van der Waals surface area contributed by atoms with Gasteiger partial charge in [0.15, 0.2) is 5.75 Å². The topological polar surface area (TPSA) is 92.7 Å². The molecule has 0 heterocycles. The Morgan fingerprint density at radius 3 is 2.58 bits per heavy atom. The van der Waals surface area contributed by atoms with Crippen LogP contribution in [0, 0.1) is 0 Å². The maximum atomic E-state index is 10.8. The van der Waals surface area contributed by atoms with Gasteiger partial charge in [-0.15, -0.1) is 0 Å². The number of carbonyl (C=O) groups is 1. The molecular formula is C5H11NO5S. The van der Waals surface area contributed by atoms with Crippen molar-refractivity contribution in [3.05, 3.63) is 0 Å². The van der Waals surface area contributed by atoms with Gasteiger partial charge < -0.3 is 9.84 Å². The van der Waals surface area contributed by atoms with Crippen LogP contribution < -0.4 is 4.72 Å². The maximum Gasteiger partial charge on any atom is 0.322 e. The number of hydrogen-bond donors (Lipinski definition) is 2. The van der Waals surface area contributed by atoms with Crippen LogP contribution in [-0.2, 0) is 19.6 Å². The maximum absolute atomic E-state index is 10.8. The highest BCUT2D eigenvalue weighted by atomic mass is 32.2. The molecule has 0 saturated heterocycles. The van der Waals surface area contributed by atoms with Gasteiger partial charge in [0.1, 0.15) is 0 Å². The second-order valence-corrected chi connectivity index (χ2v) is 3.76. The smallest absolute Gasteiger partial charge is 0.322 e. The summed E-state index contributed by atoms with van der Waals surface area (Å²) in [6.07, 6.45) is 0. The molecule has 0 fully saturated rings. The normalized spacial score (nSPS) is 11.2. The Morgan fingerprint density at radius 1 is 1.58 bits per heavy atom. The third kappa shape index (κ3) is 5.05. The van der Waals surface area contributed by atoms with Gasteiger partial charge in [0.05, 0.1) is 13.7 Å². The van der Waals surface area contributed by atoms with Gasteiger partial charge in [0.2, 0.25) is 10.0 Å². The van der Waals surface area contributed by atoms with E-state index in [-0.39, 0.29) is 13.2 Å². The molecule has 0 unspecified atom stereocenters.